The molecule has 3 nitrogen and oxygen atoms in total. The molecule has 0 aliphatic carbocycles. The van der Waals surface area contributed by atoms with Gasteiger partial charge in [-0.1, -0.05) is 15.9 Å². The van der Waals surface area contributed by atoms with Crippen molar-refractivity contribution in [1.82, 2.24) is 4.90 Å². The molecule has 0 saturated carbocycles. The fraction of sp³-hybridized carbons (Fsp3) is 0.571. The number of likely N-dealkylation sites (tertiary alicyclic amines) is 1. The lowest BCUT2D eigenvalue weighted by molar-refractivity contribution is 0.311. The van der Waals surface area contributed by atoms with Crippen LogP contribution in [0.5, 0.6) is 5.75 Å². The van der Waals surface area contributed by atoms with Gasteiger partial charge in [-0.2, -0.15) is 0 Å². The Balaban J connectivity index is 2.33. The Morgan fingerprint density at radius 1 is 1.50 bits per heavy atom. The fourth-order valence-electron chi connectivity index (χ4n) is 2.78. The van der Waals surface area contributed by atoms with Crippen LogP contribution in [0.4, 0.5) is 0 Å². The first-order valence-corrected chi connectivity index (χ1v) is 7.10. The van der Waals surface area contributed by atoms with Crippen molar-refractivity contribution in [3.63, 3.8) is 0 Å². The Morgan fingerprint density at radius 3 is 2.78 bits per heavy atom. The quantitative estimate of drug-likeness (QED) is 0.932. The molecule has 0 aromatic heterocycles. The van der Waals surface area contributed by atoms with Crippen LogP contribution in [-0.2, 0) is 0 Å². The minimum Gasteiger partial charge on any atom is -0.496 e. The summed E-state index contributed by atoms with van der Waals surface area (Å²) < 4.78 is 6.59. The lowest BCUT2D eigenvalue weighted by Crippen LogP contribution is -2.20. The average molecular weight is 313 g/mol. The maximum absolute atomic E-state index is 5.79. The highest BCUT2D eigenvalue weighted by atomic mass is 79.9. The number of halogens is 1. The van der Waals surface area contributed by atoms with Gasteiger partial charge < -0.3 is 10.5 Å². The molecule has 1 heterocycles. The van der Waals surface area contributed by atoms with Gasteiger partial charge in [0.2, 0.25) is 0 Å². The van der Waals surface area contributed by atoms with Crippen LogP contribution in [0.25, 0.3) is 0 Å². The molecule has 4 heteroatoms. The van der Waals surface area contributed by atoms with E-state index in [1.54, 1.807) is 7.11 Å². The third-order valence-corrected chi connectivity index (χ3v) is 4.53. The van der Waals surface area contributed by atoms with Gasteiger partial charge in [0.25, 0.3) is 0 Å². The van der Waals surface area contributed by atoms with Crippen molar-refractivity contribution in [2.75, 3.05) is 27.2 Å². The second-order valence-corrected chi connectivity index (χ2v) is 5.99. The zero-order valence-electron chi connectivity index (χ0n) is 11.2. The van der Waals surface area contributed by atoms with Gasteiger partial charge in [0.05, 0.1) is 7.11 Å². The predicted molar refractivity (Wildman–Crippen MR) is 78.0 cm³/mol. The van der Waals surface area contributed by atoms with Crippen molar-refractivity contribution in [3.8, 4) is 5.75 Å². The molecule has 2 atom stereocenters. The van der Waals surface area contributed by atoms with E-state index in [4.69, 9.17) is 10.5 Å². The molecular formula is C14H21BrN2O. The molecule has 1 fully saturated rings. The summed E-state index contributed by atoms with van der Waals surface area (Å²) in [6, 6.07) is 4.72. The Labute approximate surface area is 117 Å². The molecule has 2 N–H and O–H groups in total. The van der Waals surface area contributed by atoms with Crippen molar-refractivity contribution in [2.24, 2.45) is 11.7 Å². The minimum absolute atomic E-state index is 0.433. The Kier molecular flexibility index (Phi) is 4.30. The molecule has 100 valence electrons. The maximum atomic E-state index is 5.79. The monoisotopic (exact) mass is 312 g/mol. The number of hydrogen-bond donors (Lipinski definition) is 1. The van der Waals surface area contributed by atoms with Crippen molar-refractivity contribution >= 4 is 15.9 Å². The van der Waals surface area contributed by atoms with Crippen LogP contribution in [0.3, 0.4) is 0 Å². The molecule has 1 aromatic rings. The molecule has 2 unspecified atom stereocenters. The van der Waals surface area contributed by atoms with Gasteiger partial charge in [0.1, 0.15) is 5.75 Å². The second kappa shape index (κ2) is 5.59. The molecule has 1 saturated heterocycles. The fourth-order valence-corrected chi connectivity index (χ4v) is 3.51. The van der Waals surface area contributed by atoms with Gasteiger partial charge in [0.15, 0.2) is 0 Å². The molecule has 0 amide bonds. The predicted octanol–water partition coefficient (Wildman–Crippen LogP) is 2.72. The number of nitrogens with zero attached hydrogens (tertiary/aromatic N) is 1. The number of rotatable bonds is 3. The topological polar surface area (TPSA) is 38.5 Å². The Bertz CT molecular complexity index is 436. The number of ether oxygens (including phenoxy) is 1. The van der Waals surface area contributed by atoms with Crippen LogP contribution in [0.1, 0.15) is 23.6 Å². The molecule has 1 aliphatic heterocycles. The van der Waals surface area contributed by atoms with Gasteiger partial charge >= 0.3 is 0 Å². The standard InChI is InChI=1S/C14H21BrN2O/c1-9-4-12(15)11(6-14(9)18-3)13-5-10(7-16)8-17(13)2/h4,6,10,13H,5,7-8,16H2,1-3H3. The first-order chi connectivity index (χ1) is 8.56. The van der Waals surface area contributed by atoms with E-state index in [9.17, 15) is 0 Å². The number of aryl methyl sites for hydroxylation is 1. The van der Waals surface area contributed by atoms with Crippen LogP contribution in [-0.4, -0.2) is 32.1 Å². The first-order valence-electron chi connectivity index (χ1n) is 6.31. The van der Waals surface area contributed by atoms with Crippen LogP contribution in [0, 0.1) is 12.8 Å². The zero-order chi connectivity index (χ0) is 13.3. The maximum Gasteiger partial charge on any atom is 0.122 e. The number of hydrogen-bond acceptors (Lipinski definition) is 3. The van der Waals surface area contributed by atoms with Gasteiger partial charge in [-0.15, -0.1) is 0 Å². The molecule has 0 bridgehead atoms. The molecule has 18 heavy (non-hydrogen) atoms. The summed E-state index contributed by atoms with van der Waals surface area (Å²) in [5, 5.41) is 0. The van der Waals surface area contributed by atoms with Gasteiger partial charge in [0, 0.05) is 17.1 Å². The summed E-state index contributed by atoms with van der Waals surface area (Å²) in [5.41, 5.74) is 8.25. The van der Waals surface area contributed by atoms with Gasteiger partial charge in [-0.3, -0.25) is 4.90 Å². The third-order valence-electron chi connectivity index (χ3n) is 3.84. The van der Waals surface area contributed by atoms with Crippen molar-refractivity contribution < 1.29 is 4.74 Å². The van der Waals surface area contributed by atoms with Gasteiger partial charge in [-0.25, -0.2) is 0 Å². The van der Waals surface area contributed by atoms with E-state index < -0.39 is 0 Å². The molecular weight excluding hydrogens is 292 g/mol. The lowest BCUT2D eigenvalue weighted by atomic mass is 9.98. The normalized spacial score (nSPS) is 24.5. The lowest BCUT2D eigenvalue weighted by Gasteiger charge is -2.22. The molecule has 1 aliphatic rings. The zero-order valence-corrected chi connectivity index (χ0v) is 12.8. The van der Waals surface area contributed by atoms with E-state index in [2.05, 4.69) is 46.9 Å². The number of nitrogens with two attached hydrogens (primary N) is 1. The number of methoxy groups -OCH3 is 1. The van der Waals surface area contributed by atoms with Crippen LogP contribution >= 0.6 is 15.9 Å². The van der Waals surface area contributed by atoms with E-state index in [1.807, 2.05) is 0 Å². The highest BCUT2D eigenvalue weighted by Gasteiger charge is 2.31. The summed E-state index contributed by atoms with van der Waals surface area (Å²) in [5.74, 6) is 1.55. The highest BCUT2D eigenvalue weighted by Crippen LogP contribution is 2.39. The first kappa shape index (κ1) is 13.8. The molecule has 1 aromatic carbocycles. The molecule has 2 rings (SSSR count). The van der Waals surface area contributed by atoms with E-state index in [0.717, 1.165) is 35.3 Å². The van der Waals surface area contributed by atoms with E-state index in [0.29, 0.717) is 12.0 Å². The largest absolute Gasteiger partial charge is 0.496 e. The third kappa shape index (κ3) is 2.56. The smallest absolute Gasteiger partial charge is 0.122 e. The van der Waals surface area contributed by atoms with Crippen LogP contribution < -0.4 is 10.5 Å². The SMILES string of the molecule is COc1cc(C2CC(CN)CN2C)c(Br)cc1C. The molecule has 0 spiro atoms. The summed E-state index contributed by atoms with van der Waals surface area (Å²) >= 11 is 3.68. The number of benzene rings is 1. The van der Waals surface area contributed by atoms with E-state index in [-0.39, 0.29) is 0 Å². The average Bonchev–Trinajstić information content (AvgIpc) is 2.71. The summed E-state index contributed by atoms with van der Waals surface area (Å²) in [6.07, 6.45) is 1.12. The Hall–Kier alpha value is -0.580. The summed E-state index contributed by atoms with van der Waals surface area (Å²) in [7, 11) is 3.89. The van der Waals surface area contributed by atoms with Crippen molar-refractivity contribution in [3.05, 3.63) is 27.7 Å². The highest BCUT2D eigenvalue weighted by molar-refractivity contribution is 9.10. The van der Waals surface area contributed by atoms with Crippen LogP contribution in [0.15, 0.2) is 16.6 Å². The summed E-state index contributed by atoms with van der Waals surface area (Å²) in [6.45, 7) is 3.90. The van der Waals surface area contributed by atoms with Crippen molar-refractivity contribution in [1.29, 1.82) is 0 Å². The summed E-state index contributed by atoms with van der Waals surface area (Å²) in [4.78, 5) is 2.38. The minimum atomic E-state index is 0.433. The van der Waals surface area contributed by atoms with Crippen molar-refractivity contribution in [2.45, 2.75) is 19.4 Å². The van der Waals surface area contributed by atoms with E-state index in [1.165, 1.54) is 5.56 Å². The second-order valence-electron chi connectivity index (χ2n) is 5.14. The van der Waals surface area contributed by atoms with Gasteiger partial charge in [-0.05, 0) is 56.1 Å². The van der Waals surface area contributed by atoms with E-state index >= 15 is 0 Å². The van der Waals surface area contributed by atoms with Crippen LogP contribution in [0.2, 0.25) is 0 Å². The molecule has 0 radical (unpaired) electrons. The Morgan fingerprint density at radius 2 is 2.22 bits per heavy atom.